The zero-order valence-electron chi connectivity index (χ0n) is 15.1. The lowest BCUT2D eigenvalue weighted by molar-refractivity contribution is 0.0945. The second kappa shape index (κ2) is 8.77. The van der Waals surface area contributed by atoms with Gasteiger partial charge in [0.2, 0.25) is 0 Å². The minimum atomic E-state index is -0.489. The third kappa shape index (κ3) is 4.91. The highest BCUT2D eigenvalue weighted by molar-refractivity contribution is 6.03. The van der Waals surface area contributed by atoms with Gasteiger partial charge in [0.15, 0.2) is 0 Å². The van der Waals surface area contributed by atoms with Gasteiger partial charge in [0.1, 0.15) is 23.0 Å². The van der Waals surface area contributed by atoms with Crippen LogP contribution in [0.4, 0.5) is 10.1 Å². The molecule has 2 aromatic carbocycles. The largest absolute Gasteiger partial charge is 0.497 e. The van der Waals surface area contributed by atoms with Crippen molar-refractivity contribution in [3.63, 3.8) is 0 Å². The Labute approximate surface area is 161 Å². The average Bonchev–Trinajstić information content (AvgIpc) is 2.74. The van der Waals surface area contributed by atoms with Crippen molar-refractivity contribution in [2.24, 2.45) is 0 Å². The number of carbonyl (C=O) groups is 2. The molecular weight excluding hydrogens is 361 g/mol. The highest BCUT2D eigenvalue weighted by Crippen LogP contribution is 2.12. The first-order valence-corrected chi connectivity index (χ1v) is 8.50. The number of halogens is 1. The number of rotatable bonds is 6. The van der Waals surface area contributed by atoms with Crippen molar-refractivity contribution in [1.29, 1.82) is 0 Å². The molecule has 0 radical (unpaired) electrons. The van der Waals surface area contributed by atoms with Crippen LogP contribution in [0.15, 0.2) is 66.7 Å². The van der Waals surface area contributed by atoms with E-state index in [4.69, 9.17) is 4.74 Å². The molecule has 0 saturated heterocycles. The summed E-state index contributed by atoms with van der Waals surface area (Å²) < 4.78 is 18.0. The molecule has 0 saturated carbocycles. The number of hydrogen-bond acceptors (Lipinski definition) is 4. The zero-order valence-corrected chi connectivity index (χ0v) is 15.1. The Kier molecular flexibility index (Phi) is 5.96. The SMILES string of the molecule is COc1ccc(CNC(=O)c2cccc(C(=O)Nc3ccc(F)cc3)n2)cc1. The van der Waals surface area contributed by atoms with E-state index in [0.29, 0.717) is 12.2 Å². The van der Waals surface area contributed by atoms with E-state index >= 15 is 0 Å². The lowest BCUT2D eigenvalue weighted by Crippen LogP contribution is -2.25. The van der Waals surface area contributed by atoms with E-state index in [1.807, 2.05) is 12.1 Å². The quantitative estimate of drug-likeness (QED) is 0.688. The monoisotopic (exact) mass is 379 g/mol. The first-order valence-electron chi connectivity index (χ1n) is 8.50. The average molecular weight is 379 g/mol. The molecule has 0 spiro atoms. The molecule has 3 aromatic rings. The van der Waals surface area contributed by atoms with E-state index in [0.717, 1.165) is 11.3 Å². The van der Waals surface area contributed by atoms with Crippen LogP contribution < -0.4 is 15.4 Å². The molecule has 2 N–H and O–H groups in total. The number of amides is 2. The van der Waals surface area contributed by atoms with Crippen LogP contribution in [0, 0.1) is 5.82 Å². The molecule has 2 amide bonds. The van der Waals surface area contributed by atoms with Crippen LogP contribution >= 0.6 is 0 Å². The Hall–Kier alpha value is -3.74. The van der Waals surface area contributed by atoms with Crippen LogP contribution in [0.2, 0.25) is 0 Å². The second-order valence-corrected chi connectivity index (χ2v) is 5.90. The van der Waals surface area contributed by atoms with Crippen molar-refractivity contribution in [3.8, 4) is 5.75 Å². The molecule has 6 nitrogen and oxygen atoms in total. The third-order valence-electron chi connectivity index (χ3n) is 3.93. The number of hydrogen-bond donors (Lipinski definition) is 2. The highest BCUT2D eigenvalue weighted by Gasteiger charge is 2.12. The molecule has 3 rings (SSSR count). The minimum absolute atomic E-state index is 0.0847. The van der Waals surface area contributed by atoms with Crippen LogP contribution in [-0.2, 0) is 6.54 Å². The molecule has 0 aliphatic carbocycles. The van der Waals surface area contributed by atoms with Gasteiger partial charge in [-0.2, -0.15) is 0 Å². The molecular formula is C21H18FN3O3. The Morgan fingerprint density at radius 1 is 0.929 bits per heavy atom. The van der Waals surface area contributed by atoms with Gasteiger partial charge >= 0.3 is 0 Å². The highest BCUT2D eigenvalue weighted by atomic mass is 19.1. The molecule has 0 aliphatic rings. The Balaban J connectivity index is 1.63. The fraction of sp³-hybridized carbons (Fsp3) is 0.0952. The fourth-order valence-electron chi connectivity index (χ4n) is 2.43. The second-order valence-electron chi connectivity index (χ2n) is 5.90. The molecule has 1 heterocycles. The van der Waals surface area contributed by atoms with Gasteiger partial charge in [-0.25, -0.2) is 9.37 Å². The van der Waals surface area contributed by atoms with Crippen LogP contribution in [0.25, 0.3) is 0 Å². The van der Waals surface area contributed by atoms with Crippen molar-refractivity contribution < 1.29 is 18.7 Å². The Bertz CT molecular complexity index is 973. The Morgan fingerprint density at radius 2 is 1.57 bits per heavy atom. The van der Waals surface area contributed by atoms with Gasteiger partial charge in [0.05, 0.1) is 7.11 Å². The van der Waals surface area contributed by atoms with Gasteiger partial charge in [0, 0.05) is 12.2 Å². The fourth-order valence-corrected chi connectivity index (χ4v) is 2.43. The lowest BCUT2D eigenvalue weighted by atomic mass is 10.2. The maximum absolute atomic E-state index is 12.9. The van der Waals surface area contributed by atoms with E-state index in [1.165, 1.54) is 36.4 Å². The summed E-state index contributed by atoms with van der Waals surface area (Å²) in [6.45, 7) is 0.316. The first-order chi connectivity index (χ1) is 13.5. The minimum Gasteiger partial charge on any atom is -0.497 e. The van der Waals surface area contributed by atoms with Crippen molar-refractivity contribution in [2.75, 3.05) is 12.4 Å². The van der Waals surface area contributed by atoms with Gasteiger partial charge in [0.25, 0.3) is 11.8 Å². The summed E-state index contributed by atoms with van der Waals surface area (Å²) in [5, 5.41) is 5.37. The van der Waals surface area contributed by atoms with E-state index in [2.05, 4.69) is 15.6 Å². The zero-order chi connectivity index (χ0) is 19.9. The summed E-state index contributed by atoms with van der Waals surface area (Å²) in [4.78, 5) is 28.8. The van der Waals surface area contributed by atoms with Crippen LogP contribution in [-0.4, -0.2) is 23.9 Å². The predicted molar refractivity (Wildman–Crippen MR) is 103 cm³/mol. The number of nitrogens with one attached hydrogen (secondary N) is 2. The smallest absolute Gasteiger partial charge is 0.274 e. The van der Waals surface area contributed by atoms with Gasteiger partial charge in [-0.1, -0.05) is 18.2 Å². The van der Waals surface area contributed by atoms with Gasteiger partial charge in [-0.05, 0) is 54.1 Å². The summed E-state index contributed by atoms with van der Waals surface area (Å²) in [6, 6.07) is 17.3. The number of benzene rings is 2. The van der Waals surface area contributed by atoms with Gasteiger partial charge in [-0.3, -0.25) is 9.59 Å². The number of anilines is 1. The molecule has 0 fully saturated rings. The number of pyridine rings is 1. The standard InChI is InChI=1S/C21H18FN3O3/c1-28-17-11-5-14(6-12-17)13-23-20(26)18-3-2-4-19(25-18)21(27)24-16-9-7-15(22)8-10-16/h2-12H,13H2,1H3,(H,23,26)(H,24,27). The van der Waals surface area contributed by atoms with E-state index < -0.39 is 17.6 Å². The molecule has 0 atom stereocenters. The summed E-state index contributed by atoms with van der Waals surface area (Å²) in [7, 11) is 1.58. The molecule has 142 valence electrons. The van der Waals surface area contributed by atoms with E-state index in [-0.39, 0.29) is 11.4 Å². The number of methoxy groups -OCH3 is 1. The molecule has 0 bridgehead atoms. The molecule has 0 unspecified atom stereocenters. The molecule has 0 aliphatic heterocycles. The number of ether oxygens (including phenoxy) is 1. The topological polar surface area (TPSA) is 80.3 Å². The van der Waals surface area contributed by atoms with Gasteiger partial charge in [-0.15, -0.1) is 0 Å². The number of nitrogens with zero attached hydrogens (tertiary/aromatic N) is 1. The van der Waals surface area contributed by atoms with Crippen molar-refractivity contribution in [2.45, 2.75) is 6.54 Å². The van der Waals surface area contributed by atoms with Crippen LogP contribution in [0.1, 0.15) is 26.5 Å². The van der Waals surface area contributed by atoms with Gasteiger partial charge < -0.3 is 15.4 Å². The van der Waals surface area contributed by atoms with E-state index in [1.54, 1.807) is 25.3 Å². The summed E-state index contributed by atoms with van der Waals surface area (Å²) in [6.07, 6.45) is 0. The van der Waals surface area contributed by atoms with Crippen LogP contribution in [0.5, 0.6) is 5.75 Å². The molecule has 28 heavy (non-hydrogen) atoms. The van der Waals surface area contributed by atoms with Crippen LogP contribution in [0.3, 0.4) is 0 Å². The summed E-state index contributed by atoms with van der Waals surface area (Å²) >= 11 is 0. The normalized spacial score (nSPS) is 10.2. The predicted octanol–water partition coefficient (Wildman–Crippen LogP) is 3.41. The summed E-state index contributed by atoms with van der Waals surface area (Å²) in [5.74, 6) is -0.549. The van der Waals surface area contributed by atoms with E-state index in [9.17, 15) is 14.0 Å². The maximum Gasteiger partial charge on any atom is 0.274 e. The first kappa shape index (κ1) is 19.0. The third-order valence-corrected chi connectivity index (χ3v) is 3.93. The maximum atomic E-state index is 12.9. The van der Waals surface area contributed by atoms with Crippen molar-refractivity contribution >= 4 is 17.5 Å². The molecule has 1 aromatic heterocycles. The number of carbonyl (C=O) groups excluding carboxylic acids is 2. The Morgan fingerprint density at radius 3 is 2.21 bits per heavy atom. The van der Waals surface area contributed by atoms with Crippen molar-refractivity contribution in [1.82, 2.24) is 10.3 Å². The molecule has 7 heteroatoms. The number of aromatic nitrogens is 1. The summed E-state index contributed by atoms with van der Waals surface area (Å²) in [5.41, 5.74) is 1.55. The lowest BCUT2D eigenvalue weighted by Gasteiger charge is -2.08. The van der Waals surface area contributed by atoms with Crippen molar-refractivity contribution in [3.05, 3.63) is 89.5 Å².